The quantitative estimate of drug-likeness (QED) is 0.569. The maximum Gasteiger partial charge on any atom is 0.240 e. The van der Waals surface area contributed by atoms with Gasteiger partial charge in [-0.25, -0.2) is 5.43 Å². The average Bonchev–Trinajstić information content (AvgIpc) is 2.73. The lowest BCUT2D eigenvalue weighted by molar-refractivity contribution is -0.121. The molecule has 150 valence electrons. The van der Waals surface area contributed by atoms with Crippen LogP contribution in [0.25, 0.3) is 11.1 Å². The van der Waals surface area contributed by atoms with Crippen LogP contribution in [0.1, 0.15) is 24.5 Å². The van der Waals surface area contributed by atoms with Gasteiger partial charge in [-0.3, -0.25) is 9.79 Å². The summed E-state index contributed by atoms with van der Waals surface area (Å²) in [5.41, 5.74) is 7.09. The van der Waals surface area contributed by atoms with Gasteiger partial charge in [-0.1, -0.05) is 49.4 Å². The van der Waals surface area contributed by atoms with Gasteiger partial charge in [-0.15, -0.1) is 0 Å². The van der Waals surface area contributed by atoms with E-state index < -0.39 is 0 Å². The van der Waals surface area contributed by atoms with Crippen LogP contribution in [0, 0.1) is 5.92 Å². The van der Waals surface area contributed by atoms with Gasteiger partial charge in [-0.05, 0) is 29.3 Å². The third-order valence-electron chi connectivity index (χ3n) is 4.98. The molecule has 0 aromatic heterocycles. The predicted molar refractivity (Wildman–Crippen MR) is 117 cm³/mol. The molecule has 1 unspecified atom stereocenters. The summed E-state index contributed by atoms with van der Waals surface area (Å²) in [5, 5.41) is 24.1. The molecule has 1 atom stereocenters. The van der Waals surface area contributed by atoms with Crippen LogP contribution in [0.4, 0.5) is 5.69 Å². The number of nitrogens with one attached hydrogen (secondary N) is 1. The van der Waals surface area contributed by atoms with Gasteiger partial charge in [0.15, 0.2) is 0 Å². The molecular formula is C24H21N3O3. The molecule has 6 heteroatoms. The third-order valence-corrected chi connectivity index (χ3v) is 4.98. The fourth-order valence-corrected chi connectivity index (χ4v) is 3.45. The van der Waals surface area contributed by atoms with Gasteiger partial charge in [0.1, 0.15) is 11.5 Å². The van der Waals surface area contributed by atoms with Crippen LogP contribution in [0.15, 0.2) is 76.8 Å². The number of aromatic hydroxyl groups is 2. The smallest absolute Gasteiger partial charge is 0.240 e. The van der Waals surface area contributed by atoms with Gasteiger partial charge in [0.2, 0.25) is 5.91 Å². The molecular weight excluding hydrogens is 378 g/mol. The standard InChI is InChI=1S/C24H21N3O3/c1-15-11-23(30)26-27-24(15)20-9-7-17(19-10-8-18(28)13-22(19)29)12-21(20)25-14-16-5-3-2-4-6-16/h2-10,12-15,28-29H,11H2,1H3,(H,26,30). The fraction of sp³-hybridized carbons (Fsp3) is 0.125. The Balaban J connectivity index is 1.81. The van der Waals surface area contributed by atoms with Crippen LogP contribution < -0.4 is 5.43 Å². The number of phenolic OH excluding ortho intramolecular Hbond substituents is 2. The number of carbonyl (C=O) groups excluding carboxylic acids is 1. The van der Waals surface area contributed by atoms with Crippen molar-refractivity contribution in [3.63, 3.8) is 0 Å². The van der Waals surface area contributed by atoms with Gasteiger partial charge < -0.3 is 10.2 Å². The third kappa shape index (κ3) is 4.07. The fourth-order valence-electron chi connectivity index (χ4n) is 3.45. The zero-order chi connectivity index (χ0) is 21.1. The largest absolute Gasteiger partial charge is 0.508 e. The molecule has 1 aliphatic rings. The van der Waals surface area contributed by atoms with Crippen LogP contribution in [-0.2, 0) is 4.79 Å². The highest BCUT2D eigenvalue weighted by Gasteiger charge is 2.24. The molecule has 3 aromatic carbocycles. The van der Waals surface area contributed by atoms with Gasteiger partial charge >= 0.3 is 0 Å². The minimum Gasteiger partial charge on any atom is -0.508 e. The lowest BCUT2D eigenvalue weighted by Crippen LogP contribution is -2.32. The molecule has 1 aliphatic heterocycles. The zero-order valence-electron chi connectivity index (χ0n) is 16.4. The highest BCUT2D eigenvalue weighted by molar-refractivity contribution is 6.09. The Bertz CT molecular complexity index is 1150. The van der Waals surface area contributed by atoms with E-state index >= 15 is 0 Å². The number of aliphatic imine (C=N–C) groups is 1. The second-order valence-corrected chi connectivity index (χ2v) is 7.24. The molecule has 0 fully saturated rings. The Morgan fingerprint density at radius 1 is 1.03 bits per heavy atom. The van der Waals surface area contributed by atoms with E-state index in [0.29, 0.717) is 17.7 Å². The van der Waals surface area contributed by atoms with E-state index in [1.54, 1.807) is 12.3 Å². The molecule has 3 aromatic rings. The van der Waals surface area contributed by atoms with Crippen molar-refractivity contribution in [3.8, 4) is 22.6 Å². The summed E-state index contributed by atoms with van der Waals surface area (Å²) in [7, 11) is 0. The summed E-state index contributed by atoms with van der Waals surface area (Å²) in [6.45, 7) is 1.96. The second-order valence-electron chi connectivity index (χ2n) is 7.24. The van der Waals surface area contributed by atoms with Crippen molar-refractivity contribution in [2.24, 2.45) is 16.0 Å². The van der Waals surface area contributed by atoms with Crippen molar-refractivity contribution in [2.75, 3.05) is 0 Å². The van der Waals surface area contributed by atoms with E-state index in [2.05, 4.69) is 15.5 Å². The number of hydrazone groups is 1. The Labute approximate surface area is 174 Å². The topological polar surface area (TPSA) is 94.3 Å². The van der Waals surface area contributed by atoms with Crippen molar-refractivity contribution in [1.82, 2.24) is 5.43 Å². The second kappa shape index (κ2) is 8.21. The number of phenols is 2. The first kappa shape index (κ1) is 19.4. The molecule has 0 spiro atoms. The lowest BCUT2D eigenvalue weighted by Gasteiger charge is -2.20. The number of nitrogens with zero attached hydrogens (tertiary/aromatic N) is 2. The molecule has 1 amide bonds. The highest BCUT2D eigenvalue weighted by Crippen LogP contribution is 2.36. The van der Waals surface area contributed by atoms with Crippen molar-refractivity contribution in [2.45, 2.75) is 13.3 Å². The number of carbonyl (C=O) groups is 1. The zero-order valence-corrected chi connectivity index (χ0v) is 16.4. The molecule has 1 heterocycles. The first-order valence-corrected chi connectivity index (χ1v) is 9.63. The van der Waals surface area contributed by atoms with Crippen molar-refractivity contribution >= 4 is 23.5 Å². The summed E-state index contributed by atoms with van der Waals surface area (Å²) in [6, 6.07) is 19.9. The molecule has 0 saturated heterocycles. The minimum absolute atomic E-state index is 0.00341. The predicted octanol–water partition coefficient (Wildman–Crippen LogP) is 4.38. The Hall–Kier alpha value is -3.93. The maximum absolute atomic E-state index is 11.7. The SMILES string of the molecule is CC1CC(=O)NN=C1c1ccc(-c2ccc(O)cc2O)cc1N=Cc1ccccc1. The first-order chi connectivity index (χ1) is 14.5. The molecule has 4 rings (SSSR count). The number of rotatable bonds is 4. The Morgan fingerprint density at radius 3 is 2.53 bits per heavy atom. The number of amides is 1. The molecule has 0 radical (unpaired) electrons. The normalized spacial score (nSPS) is 16.4. The van der Waals surface area contributed by atoms with E-state index in [1.165, 1.54) is 12.1 Å². The minimum atomic E-state index is -0.105. The number of hydrogen-bond donors (Lipinski definition) is 3. The van der Waals surface area contributed by atoms with E-state index in [-0.39, 0.29) is 23.3 Å². The van der Waals surface area contributed by atoms with Crippen LogP contribution in [0.5, 0.6) is 11.5 Å². The lowest BCUT2D eigenvalue weighted by atomic mass is 9.91. The van der Waals surface area contributed by atoms with E-state index in [1.807, 2.05) is 55.5 Å². The summed E-state index contributed by atoms with van der Waals surface area (Å²) in [6.07, 6.45) is 2.13. The highest BCUT2D eigenvalue weighted by atomic mass is 16.3. The molecule has 0 saturated carbocycles. The monoisotopic (exact) mass is 399 g/mol. The molecule has 3 N–H and O–H groups in total. The van der Waals surface area contributed by atoms with E-state index in [0.717, 1.165) is 22.4 Å². The summed E-state index contributed by atoms with van der Waals surface area (Å²) in [4.78, 5) is 16.3. The molecule has 0 aliphatic carbocycles. The average molecular weight is 399 g/mol. The Morgan fingerprint density at radius 2 is 1.80 bits per heavy atom. The van der Waals surface area contributed by atoms with Crippen LogP contribution >= 0.6 is 0 Å². The summed E-state index contributed by atoms with van der Waals surface area (Å²) >= 11 is 0. The number of benzene rings is 3. The number of hydrogen-bond acceptors (Lipinski definition) is 5. The summed E-state index contributed by atoms with van der Waals surface area (Å²) in [5.74, 6) is -0.170. The van der Waals surface area contributed by atoms with Gasteiger partial charge in [-0.2, -0.15) is 5.10 Å². The van der Waals surface area contributed by atoms with Crippen LogP contribution in [-0.4, -0.2) is 28.0 Å². The van der Waals surface area contributed by atoms with Crippen molar-refractivity contribution < 1.29 is 15.0 Å². The maximum atomic E-state index is 11.7. The van der Waals surface area contributed by atoms with Crippen LogP contribution in [0.2, 0.25) is 0 Å². The van der Waals surface area contributed by atoms with Crippen molar-refractivity contribution in [1.29, 1.82) is 0 Å². The van der Waals surface area contributed by atoms with Crippen LogP contribution in [0.3, 0.4) is 0 Å². The van der Waals surface area contributed by atoms with E-state index in [9.17, 15) is 15.0 Å². The molecule has 6 nitrogen and oxygen atoms in total. The Kier molecular flexibility index (Phi) is 5.30. The van der Waals surface area contributed by atoms with Gasteiger partial charge in [0.25, 0.3) is 0 Å². The molecule has 30 heavy (non-hydrogen) atoms. The summed E-state index contributed by atoms with van der Waals surface area (Å²) < 4.78 is 0. The van der Waals surface area contributed by atoms with Gasteiger partial charge in [0.05, 0.1) is 11.4 Å². The van der Waals surface area contributed by atoms with E-state index in [4.69, 9.17) is 0 Å². The first-order valence-electron chi connectivity index (χ1n) is 9.63. The van der Waals surface area contributed by atoms with Gasteiger partial charge in [0, 0.05) is 35.7 Å². The molecule has 0 bridgehead atoms. The van der Waals surface area contributed by atoms with Crippen molar-refractivity contribution in [3.05, 3.63) is 77.9 Å².